The number of nitrogens with one attached hydrogen (secondary N) is 1. The van der Waals surface area contributed by atoms with Crippen LogP contribution in [0.4, 0.5) is 4.39 Å². The molecule has 0 aliphatic carbocycles. The third-order valence-corrected chi connectivity index (χ3v) is 4.42. The predicted molar refractivity (Wildman–Crippen MR) is 81.3 cm³/mol. The molecule has 0 aromatic carbocycles. The van der Waals surface area contributed by atoms with Crippen LogP contribution in [-0.4, -0.2) is 18.9 Å². The van der Waals surface area contributed by atoms with E-state index in [1.165, 1.54) is 18.3 Å². The van der Waals surface area contributed by atoms with Gasteiger partial charge >= 0.3 is 0 Å². The Morgan fingerprint density at radius 2 is 1.95 bits per heavy atom. The number of hydrogen-bond donors (Lipinski definition) is 1. The van der Waals surface area contributed by atoms with E-state index >= 15 is 0 Å². The first-order valence-corrected chi connectivity index (χ1v) is 7.73. The monoisotopic (exact) mass is 307 g/mol. The van der Waals surface area contributed by atoms with Crippen molar-refractivity contribution in [1.29, 1.82) is 0 Å². The van der Waals surface area contributed by atoms with E-state index in [0.29, 0.717) is 5.56 Å². The summed E-state index contributed by atoms with van der Waals surface area (Å²) in [5, 5.41) is 0. The van der Waals surface area contributed by atoms with Crippen LogP contribution in [0, 0.1) is 5.82 Å². The minimum absolute atomic E-state index is 0.211. The molecule has 6 heteroatoms. The second kappa shape index (κ2) is 6.41. The number of aromatic nitrogens is 2. The van der Waals surface area contributed by atoms with E-state index < -0.39 is 27.6 Å². The second-order valence-electron chi connectivity index (χ2n) is 5.59. The molecule has 0 spiro atoms. The van der Waals surface area contributed by atoms with Crippen molar-refractivity contribution >= 4 is 11.0 Å². The van der Waals surface area contributed by atoms with Gasteiger partial charge in [-0.05, 0) is 44.5 Å². The lowest BCUT2D eigenvalue weighted by Crippen LogP contribution is -2.36. The Morgan fingerprint density at radius 1 is 1.24 bits per heavy atom. The van der Waals surface area contributed by atoms with Gasteiger partial charge in [-0.15, -0.1) is 0 Å². The number of rotatable bonds is 4. The highest BCUT2D eigenvalue weighted by Gasteiger charge is 2.27. The van der Waals surface area contributed by atoms with E-state index in [-0.39, 0.29) is 5.69 Å². The lowest BCUT2D eigenvalue weighted by Gasteiger charge is -2.24. The van der Waals surface area contributed by atoms with Crippen molar-refractivity contribution in [2.24, 2.45) is 0 Å². The Bertz CT molecular complexity index is 628. The van der Waals surface area contributed by atoms with Gasteiger partial charge in [-0.25, -0.2) is 13.3 Å². The zero-order valence-electron chi connectivity index (χ0n) is 12.2. The number of pyridine rings is 2. The van der Waals surface area contributed by atoms with Crippen LogP contribution in [0.1, 0.15) is 38.1 Å². The SMILES string of the molecule is CC(C)(C)S(=O)NC(c1cccnc1)c1ncccc1F. The lowest BCUT2D eigenvalue weighted by atomic mass is 10.1. The van der Waals surface area contributed by atoms with Crippen LogP contribution in [0.2, 0.25) is 0 Å². The summed E-state index contributed by atoms with van der Waals surface area (Å²) in [6.07, 6.45) is 4.77. The first kappa shape index (κ1) is 15.7. The van der Waals surface area contributed by atoms with Crippen molar-refractivity contribution in [3.05, 3.63) is 59.9 Å². The first-order chi connectivity index (χ1) is 9.89. The molecular weight excluding hydrogens is 289 g/mol. The highest BCUT2D eigenvalue weighted by atomic mass is 32.2. The first-order valence-electron chi connectivity index (χ1n) is 6.58. The molecule has 2 aromatic heterocycles. The number of halogens is 1. The normalized spacial score (nSPS) is 14.7. The highest BCUT2D eigenvalue weighted by Crippen LogP contribution is 2.24. The summed E-state index contributed by atoms with van der Waals surface area (Å²) >= 11 is 0. The van der Waals surface area contributed by atoms with E-state index in [9.17, 15) is 8.60 Å². The molecule has 112 valence electrons. The zero-order chi connectivity index (χ0) is 15.5. The van der Waals surface area contributed by atoms with Gasteiger partial charge in [-0.2, -0.15) is 0 Å². The molecule has 2 rings (SSSR count). The van der Waals surface area contributed by atoms with Crippen molar-refractivity contribution in [1.82, 2.24) is 14.7 Å². The number of hydrogen-bond acceptors (Lipinski definition) is 3. The van der Waals surface area contributed by atoms with Gasteiger partial charge in [0, 0.05) is 18.6 Å². The van der Waals surface area contributed by atoms with Crippen LogP contribution in [-0.2, 0) is 11.0 Å². The van der Waals surface area contributed by atoms with Crippen LogP contribution in [0.3, 0.4) is 0 Å². The van der Waals surface area contributed by atoms with Gasteiger partial charge in [-0.1, -0.05) is 6.07 Å². The molecule has 0 aliphatic rings. The average Bonchev–Trinajstić information content (AvgIpc) is 2.45. The fourth-order valence-corrected chi connectivity index (χ4v) is 2.54. The highest BCUT2D eigenvalue weighted by molar-refractivity contribution is 7.84. The van der Waals surface area contributed by atoms with Gasteiger partial charge in [0.1, 0.15) is 5.82 Å². The molecule has 0 radical (unpaired) electrons. The smallest absolute Gasteiger partial charge is 0.146 e. The Labute approximate surface area is 126 Å². The molecule has 0 saturated carbocycles. The van der Waals surface area contributed by atoms with E-state index in [2.05, 4.69) is 14.7 Å². The molecule has 0 bridgehead atoms. The molecule has 0 saturated heterocycles. The fraction of sp³-hybridized carbons (Fsp3) is 0.333. The van der Waals surface area contributed by atoms with E-state index in [0.717, 1.165) is 0 Å². The minimum Gasteiger partial charge on any atom is -0.264 e. The van der Waals surface area contributed by atoms with E-state index in [1.54, 1.807) is 24.5 Å². The predicted octanol–water partition coefficient (Wildman–Crippen LogP) is 2.76. The van der Waals surface area contributed by atoms with Gasteiger partial charge in [0.2, 0.25) is 0 Å². The molecule has 0 amide bonds. The van der Waals surface area contributed by atoms with Crippen LogP contribution in [0.25, 0.3) is 0 Å². The fourth-order valence-electron chi connectivity index (χ4n) is 1.72. The van der Waals surface area contributed by atoms with Crippen LogP contribution < -0.4 is 4.72 Å². The zero-order valence-corrected chi connectivity index (χ0v) is 13.0. The molecule has 2 aromatic rings. The van der Waals surface area contributed by atoms with E-state index in [4.69, 9.17) is 0 Å². The Kier molecular flexibility index (Phi) is 4.80. The van der Waals surface area contributed by atoms with Gasteiger partial charge in [-0.3, -0.25) is 9.97 Å². The Balaban J connectivity index is 2.41. The molecule has 0 aliphatic heterocycles. The van der Waals surface area contributed by atoms with Crippen LogP contribution in [0.15, 0.2) is 42.9 Å². The molecule has 0 fully saturated rings. The molecule has 2 unspecified atom stereocenters. The molecule has 2 atom stereocenters. The quantitative estimate of drug-likeness (QED) is 0.945. The maximum Gasteiger partial charge on any atom is 0.146 e. The molecular formula is C15H18FN3OS. The summed E-state index contributed by atoms with van der Waals surface area (Å²) in [4.78, 5) is 8.13. The van der Waals surface area contributed by atoms with Crippen molar-refractivity contribution in [3.63, 3.8) is 0 Å². The summed E-state index contributed by atoms with van der Waals surface area (Å²) in [6, 6.07) is 5.82. The summed E-state index contributed by atoms with van der Waals surface area (Å²) in [5.74, 6) is -0.440. The standard InChI is InChI=1S/C15H18FN3OS/c1-15(2,3)21(20)19-13(11-6-4-8-17-10-11)14-12(16)7-5-9-18-14/h4-10,13,19H,1-3H3. The van der Waals surface area contributed by atoms with Crippen LogP contribution in [0.5, 0.6) is 0 Å². The van der Waals surface area contributed by atoms with Gasteiger partial charge in [0.25, 0.3) is 0 Å². The molecule has 2 heterocycles. The molecule has 21 heavy (non-hydrogen) atoms. The topological polar surface area (TPSA) is 54.9 Å². The van der Waals surface area contributed by atoms with Crippen molar-refractivity contribution < 1.29 is 8.60 Å². The summed E-state index contributed by atoms with van der Waals surface area (Å²) < 4.78 is 28.9. The third-order valence-electron chi connectivity index (χ3n) is 2.86. The lowest BCUT2D eigenvalue weighted by molar-refractivity contribution is 0.568. The summed E-state index contributed by atoms with van der Waals surface area (Å²) in [7, 11) is -1.36. The summed E-state index contributed by atoms with van der Waals surface area (Å²) in [6.45, 7) is 5.56. The summed E-state index contributed by atoms with van der Waals surface area (Å²) in [5.41, 5.74) is 0.927. The Hall–Kier alpha value is -1.66. The Morgan fingerprint density at radius 3 is 2.52 bits per heavy atom. The third kappa shape index (κ3) is 3.92. The average molecular weight is 307 g/mol. The molecule has 1 N–H and O–H groups in total. The van der Waals surface area contributed by atoms with Gasteiger partial charge in [0.05, 0.1) is 27.5 Å². The van der Waals surface area contributed by atoms with E-state index in [1.807, 2.05) is 20.8 Å². The van der Waals surface area contributed by atoms with Gasteiger partial charge < -0.3 is 0 Å². The maximum absolute atomic E-state index is 14.1. The largest absolute Gasteiger partial charge is 0.264 e. The molecule has 4 nitrogen and oxygen atoms in total. The van der Waals surface area contributed by atoms with Crippen LogP contribution >= 0.6 is 0 Å². The minimum atomic E-state index is -1.36. The second-order valence-corrected chi connectivity index (χ2v) is 7.59. The number of nitrogens with zero attached hydrogens (tertiary/aromatic N) is 2. The van der Waals surface area contributed by atoms with Crippen molar-refractivity contribution in [2.75, 3.05) is 0 Å². The van der Waals surface area contributed by atoms with Gasteiger partial charge in [0.15, 0.2) is 0 Å². The van der Waals surface area contributed by atoms with Crippen molar-refractivity contribution in [3.8, 4) is 0 Å². The van der Waals surface area contributed by atoms with Crippen molar-refractivity contribution in [2.45, 2.75) is 31.6 Å². The maximum atomic E-state index is 14.1.